The zero-order valence-corrected chi connectivity index (χ0v) is 13.3. The molecule has 0 aromatic carbocycles. The van der Waals surface area contributed by atoms with Crippen molar-refractivity contribution >= 4 is 11.7 Å². The Morgan fingerprint density at radius 2 is 2.10 bits per heavy atom. The fraction of sp³-hybridized carbons (Fsp3) is 0.625. The first kappa shape index (κ1) is 15.8. The highest BCUT2D eigenvalue weighted by Crippen LogP contribution is 2.19. The number of pyridine rings is 1. The molecule has 0 radical (unpaired) electrons. The molecule has 2 rings (SSSR count). The van der Waals surface area contributed by atoms with Gasteiger partial charge >= 0.3 is 0 Å². The molecule has 5 nitrogen and oxygen atoms in total. The number of rotatable bonds is 5. The van der Waals surface area contributed by atoms with Crippen molar-refractivity contribution in [2.45, 2.75) is 33.2 Å². The van der Waals surface area contributed by atoms with Gasteiger partial charge in [0.1, 0.15) is 5.82 Å². The Kier molecular flexibility index (Phi) is 5.56. The molecule has 0 spiro atoms. The van der Waals surface area contributed by atoms with Gasteiger partial charge in [-0.3, -0.25) is 4.79 Å². The summed E-state index contributed by atoms with van der Waals surface area (Å²) >= 11 is 0. The maximum Gasteiger partial charge on any atom is 0.219 e. The maximum absolute atomic E-state index is 11.4. The van der Waals surface area contributed by atoms with Gasteiger partial charge in [-0.25, -0.2) is 4.98 Å². The van der Waals surface area contributed by atoms with Crippen molar-refractivity contribution in [3.8, 4) is 0 Å². The van der Waals surface area contributed by atoms with Crippen molar-refractivity contribution in [1.29, 1.82) is 0 Å². The smallest absolute Gasteiger partial charge is 0.219 e. The van der Waals surface area contributed by atoms with Crippen LogP contribution in [-0.2, 0) is 4.79 Å². The first-order valence-electron chi connectivity index (χ1n) is 7.81. The molecular weight excluding hydrogens is 264 g/mol. The van der Waals surface area contributed by atoms with E-state index in [1.54, 1.807) is 6.92 Å². The van der Waals surface area contributed by atoms with Crippen LogP contribution in [0.3, 0.4) is 0 Å². The lowest BCUT2D eigenvalue weighted by molar-refractivity contribution is -0.129. The Morgan fingerprint density at radius 1 is 1.38 bits per heavy atom. The predicted molar refractivity (Wildman–Crippen MR) is 85.4 cm³/mol. The highest BCUT2D eigenvalue weighted by molar-refractivity contribution is 5.73. The third-order valence-corrected chi connectivity index (χ3v) is 4.02. The first-order chi connectivity index (χ1) is 10.1. The van der Waals surface area contributed by atoms with Gasteiger partial charge in [-0.15, -0.1) is 0 Å². The molecule has 5 heteroatoms. The van der Waals surface area contributed by atoms with Crippen LogP contribution in [0, 0.1) is 0 Å². The van der Waals surface area contributed by atoms with Gasteiger partial charge in [0.05, 0.1) is 0 Å². The van der Waals surface area contributed by atoms with E-state index in [2.05, 4.69) is 41.2 Å². The molecule has 2 heterocycles. The van der Waals surface area contributed by atoms with Crippen molar-refractivity contribution in [3.63, 3.8) is 0 Å². The normalized spacial score (nSPS) is 16.9. The fourth-order valence-corrected chi connectivity index (χ4v) is 2.61. The molecule has 0 bridgehead atoms. The van der Waals surface area contributed by atoms with E-state index in [1.807, 2.05) is 11.1 Å². The molecule has 1 aromatic heterocycles. The highest BCUT2D eigenvalue weighted by atomic mass is 16.2. The minimum atomic E-state index is 0.161. The lowest BCUT2D eigenvalue weighted by Crippen LogP contribution is -2.48. The minimum absolute atomic E-state index is 0.161. The molecule has 1 aliphatic rings. The van der Waals surface area contributed by atoms with Gasteiger partial charge in [-0.05, 0) is 37.6 Å². The molecule has 116 valence electrons. The average molecular weight is 290 g/mol. The molecular formula is C16H26N4O. The van der Waals surface area contributed by atoms with E-state index in [9.17, 15) is 4.79 Å². The molecule has 21 heavy (non-hydrogen) atoms. The summed E-state index contributed by atoms with van der Waals surface area (Å²) in [5.74, 6) is 1.18. The summed E-state index contributed by atoms with van der Waals surface area (Å²) in [6, 6.07) is 4.57. The average Bonchev–Trinajstić information content (AvgIpc) is 2.52. The lowest BCUT2D eigenvalue weighted by atomic mass is 10.1. The molecule has 1 atom stereocenters. The Balaban J connectivity index is 1.99. The number of carbonyl (C=O) groups is 1. The predicted octanol–water partition coefficient (Wildman–Crippen LogP) is 1.81. The van der Waals surface area contributed by atoms with Gasteiger partial charge in [0.15, 0.2) is 0 Å². The molecule has 1 unspecified atom stereocenters. The molecule has 1 fully saturated rings. The largest absolute Gasteiger partial charge is 0.353 e. The van der Waals surface area contributed by atoms with E-state index in [0.29, 0.717) is 6.04 Å². The summed E-state index contributed by atoms with van der Waals surface area (Å²) in [6.07, 6.45) is 3.02. The summed E-state index contributed by atoms with van der Waals surface area (Å²) in [6.45, 7) is 10.3. The Bertz CT molecular complexity index is 469. The number of nitrogens with zero attached hydrogens (tertiary/aromatic N) is 3. The standard InChI is InChI=1S/C16H26N4O/c1-4-6-17-13(2)15-5-7-18-16(12-15)20-10-8-19(9-11-20)14(3)21/h5,7,12-13,17H,4,6,8-11H2,1-3H3. The van der Waals surface area contributed by atoms with Crippen LogP contribution in [-0.4, -0.2) is 48.5 Å². The second-order valence-corrected chi connectivity index (χ2v) is 5.62. The van der Waals surface area contributed by atoms with Crippen LogP contribution >= 0.6 is 0 Å². The van der Waals surface area contributed by atoms with E-state index >= 15 is 0 Å². The van der Waals surface area contributed by atoms with Gasteiger partial charge in [-0.2, -0.15) is 0 Å². The van der Waals surface area contributed by atoms with Crippen LogP contribution in [0.2, 0.25) is 0 Å². The van der Waals surface area contributed by atoms with E-state index in [4.69, 9.17) is 0 Å². The van der Waals surface area contributed by atoms with E-state index in [-0.39, 0.29) is 5.91 Å². The number of carbonyl (C=O) groups excluding carboxylic acids is 1. The summed E-state index contributed by atoms with van der Waals surface area (Å²) < 4.78 is 0. The van der Waals surface area contributed by atoms with Crippen molar-refractivity contribution < 1.29 is 4.79 Å². The van der Waals surface area contributed by atoms with Crippen LogP contribution in [0.5, 0.6) is 0 Å². The SMILES string of the molecule is CCCNC(C)c1ccnc(N2CCN(C(C)=O)CC2)c1. The Hall–Kier alpha value is -1.62. The van der Waals surface area contributed by atoms with Crippen molar-refractivity contribution in [2.75, 3.05) is 37.6 Å². The zero-order chi connectivity index (χ0) is 15.2. The van der Waals surface area contributed by atoms with Crippen molar-refractivity contribution in [2.24, 2.45) is 0 Å². The van der Waals surface area contributed by atoms with Crippen molar-refractivity contribution in [3.05, 3.63) is 23.9 Å². The van der Waals surface area contributed by atoms with Crippen molar-refractivity contribution in [1.82, 2.24) is 15.2 Å². The minimum Gasteiger partial charge on any atom is -0.353 e. The number of nitrogens with one attached hydrogen (secondary N) is 1. The monoisotopic (exact) mass is 290 g/mol. The summed E-state index contributed by atoms with van der Waals surface area (Å²) in [5, 5.41) is 3.50. The Morgan fingerprint density at radius 3 is 2.71 bits per heavy atom. The van der Waals surface area contributed by atoms with Gasteiger partial charge in [0.2, 0.25) is 5.91 Å². The van der Waals surface area contributed by atoms with Crippen LogP contribution in [0.25, 0.3) is 0 Å². The molecule has 1 saturated heterocycles. The molecule has 0 aliphatic carbocycles. The van der Waals surface area contributed by atoms with Gasteiger partial charge in [0, 0.05) is 45.3 Å². The third kappa shape index (κ3) is 4.17. The molecule has 1 aliphatic heterocycles. The van der Waals surface area contributed by atoms with Gasteiger partial charge in [0.25, 0.3) is 0 Å². The molecule has 1 amide bonds. The summed E-state index contributed by atoms with van der Waals surface area (Å²) in [5.41, 5.74) is 1.27. The highest BCUT2D eigenvalue weighted by Gasteiger charge is 2.20. The number of amides is 1. The first-order valence-corrected chi connectivity index (χ1v) is 7.81. The third-order valence-electron chi connectivity index (χ3n) is 4.02. The number of aromatic nitrogens is 1. The summed E-state index contributed by atoms with van der Waals surface area (Å²) in [4.78, 5) is 20.0. The van der Waals surface area contributed by atoms with Gasteiger partial charge in [-0.1, -0.05) is 6.92 Å². The lowest BCUT2D eigenvalue weighted by Gasteiger charge is -2.35. The van der Waals surface area contributed by atoms with E-state index in [1.165, 1.54) is 5.56 Å². The molecule has 1 N–H and O–H groups in total. The zero-order valence-electron chi connectivity index (χ0n) is 13.3. The van der Waals surface area contributed by atoms with Crippen LogP contribution in [0.1, 0.15) is 38.8 Å². The second-order valence-electron chi connectivity index (χ2n) is 5.62. The quantitative estimate of drug-likeness (QED) is 0.898. The number of hydrogen-bond acceptors (Lipinski definition) is 4. The summed E-state index contributed by atoms with van der Waals surface area (Å²) in [7, 11) is 0. The fourth-order valence-electron chi connectivity index (χ4n) is 2.61. The van der Waals surface area contributed by atoms with Crippen LogP contribution in [0.15, 0.2) is 18.3 Å². The Labute approximate surface area is 127 Å². The topological polar surface area (TPSA) is 48.5 Å². The number of anilines is 1. The van der Waals surface area contributed by atoms with Crippen LogP contribution < -0.4 is 10.2 Å². The number of piperazine rings is 1. The number of hydrogen-bond donors (Lipinski definition) is 1. The second kappa shape index (κ2) is 7.41. The van der Waals surface area contributed by atoms with Crippen LogP contribution in [0.4, 0.5) is 5.82 Å². The van der Waals surface area contributed by atoms with E-state index in [0.717, 1.165) is 45.0 Å². The molecule has 0 saturated carbocycles. The molecule has 1 aromatic rings. The maximum atomic E-state index is 11.4. The van der Waals surface area contributed by atoms with Gasteiger partial charge < -0.3 is 15.1 Å². The van der Waals surface area contributed by atoms with E-state index < -0.39 is 0 Å².